The number of carbonyl (C=O) groups is 1. The Bertz CT molecular complexity index is 1330. The van der Waals surface area contributed by atoms with Crippen LogP contribution in [0.2, 0.25) is 0 Å². The first-order valence-electron chi connectivity index (χ1n) is 12.5. The van der Waals surface area contributed by atoms with E-state index in [9.17, 15) is 22.7 Å². The highest BCUT2D eigenvalue weighted by atomic mass is 32.2. The van der Waals surface area contributed by atoms with E-state index in [-0.39, 0.29) is 17.6 Å². The SMILES string of the molecule is Cc1ccc([C@@]2(c3ccc(CCCNS(C)(=O)=O)cc3)NC(=O)[C@@H]2CC[C@H](O)c2ccc(F)cc2)cc1. The summed E-state index contributed by atoms with van der Waals surface area (Å²) in [5.74, 6) is -0.805. The zero-order valence-corrected chi connectivity index (χ0v) is 21.9. The minimum Gasteiger partial charge on any atom is -0.388 e. The molecule has 3 N–H and O–H groups in total. The number of nitrogens with one attached hydrogen (secondary N) is 2. The first-order chi connectivity index (χ1) is 17.6. The Morgan fingerprint density at radius 3 is 2.16 bits per heavy atom. The summed E-state index contributed by atoms with van der Waals surface area (Å²) in [6.45, 7) is 2.39. The lowest BCUT2D eigenvalue weighted by molar-refractivity contribution is -0.140. The molecule has 1 amide bonds. The van der Waals surface area contributed by atoms with Gasteiger partial charge in [0.2, 0.25) is 15.9 Å². The van der Waals surface area contributed by atoms with Crippen LogP contribution in [0.3, 0.4) is 0 Å². The fourth-order valence-electron chi connectivity index (χ4n) is 5.03. The fraction of sp³-hybridized carbons (Fsp3) is 0.345. The van der Waals surface area contributed by atoms with Crippen molar-refractivity contribution < 1.29 is 22.7 Å². The van der Waals surface area contributed by atoms with E-state index in [4.69, 9.17) is 0 Å². The number of aliphatic hydroxyl groups excluding tert-OH is 1. The molecule has 0 bridgehead atoms. The third-order valence-electron chi connectivity index (χ3n) is 7.07. The van der Waals surface area contributed by atoms with Crippen molar-refractivity contribution in [2.45, 2.75) is 44.2 Å². The Balaban J connectivity index is 1.54. The highest BCUT2D eigenvalue weighted by molar-refractivity contribution is 7.88. The molecule has 6 nitrogen and oxygen atoms in total. The van der Waals surface area contributed by atoms with Gasteiger partial charge in [0.25, 0.3) is 0 Å². The molecule has 3 aromatic carbocycles. The molecule has 3 atom stereocenters. The number of halogens is 1. The predicted molar refractivity (Wildman–Crippen MR) is 142 cm³/mol. The molecule has 1 heterocycles. The number of benzene rings is 3. The van der Waals surface area contributed by atoms with Gasteiger partial charge in [0.15, 0.2) is 0 Å². The Labute approximate surface area is 218 Å². The lowest BCUT2D eigenvalue weighted by Crippen LogP contribution is -2.67. The number of hydrogen-bond donors (Lipinski definition) is 3. The molecule has 0 aliphatic carbocycles. The molecule has 0 spiro atoms. The van der Waals surface area contributed by atoms with Crippen molar-refractivity contribution in [2.24, 2.45) is 5.92 Å². The van der Waals surface area contributed by atoms with Crippen molar-refractivity contribution in [2.75, 3.05) is 12.8 Å². The molecule has 3 aromatic rings. The third-order valence-corrected chi connectivity index (χ3v) is 7.79. The molecule has 0 saturated carbocycles. The van der Waals surface area contributed by atoms with Gasteiger partial charge >= 0.3 is 0 Å². The van der Waals surface area contributed by atoms with E-state index < -0.39 is 21.7 Å². The zero-order chi connectivity index (χ0) is 26.6. The van der Waals surface area contributed by atoms with Gasteiger partial charge in [-0.3, -0.25) is 4.79 Å². The van der Waals surface area contributed by atoms with Crippen LogP contribution in [0.25, 0.3) is 0 Å². The molecule has 1 aliphatic heterocycles. The van der Waals surface area contributed by atoms with Gasteiger partial charge in [-0.1, -0.05) is 66.2 Å². The van der Waals surface area contributed by atoms with Crippen LogP contribution in [0, 0.1) is 18.7 Å². The largest absolute Gasteiger partial charge is 0.388 e. The van der Waals surface area contributed by atoms with Crippen molar-refractivity contribution in [1.82, 2.24) is 10.0 Å². The first kappa shape index (κ1) is 27.0. The van der Waals surface area contributed by atoms with Crippen LogP contribution in [0.5, 0.6) is 0 Å². The average molecular weight is 525 g/mol. The van der Waals surface area contributed by atoms with Crippen molar-refractivity contribution in [1.29, 1.82) is 0 Å². The Hall–Kier alpha value is -3.07. The van der Waals surface area contributed by atoms with Crippen LogP contribution >= 0.6 is 0 Å². The van der Waals surface area contributed by atoms with E-state index in [2.05, 4.69) is 10.0 Å². The average Bonchev–Trinajstić information content (AvgIpc) is 2.86. The van der Waals surface area contributed by atoms with E-state index in [1.54, 1.807) is 12.1 Å². The van der Waals surface area contributed by atoms with Crippen LogP contribution < -0.4 is 10.0 Å². The maximum Gasteiger partial charge on any atom is 0.227 e. The summed E-state index contributed by atoms with van der Waals surface area (Å²) >= 11 is 0. The molecule has 1 saturated heterocycles. The maximum absolute atomic E-state index is 13.3. The molecule has 0 aromatic heterocycles. The number of β-lactam (4-membered cyclic amide) rings is 1. The van der Waals surface area contributed by atoms with E-state index in [1.807, 2.05) is 55.5 Å². The summed E-state index contributed by atoms with van der Waals surface area (Å²) in [7, 11) is -3.20. The second-order valence-corrected chi connectivity index (χ2v) is 11.7. The van der Waals surface area contributed by atoms with Crippen LogP contribution in [0.1, 0.15) is 53.2 Å². The van der Waals surface area contributed by atoms with Crippen LogP contribution in [0.15, 0.2) is 72.8 Å². The lowest BCUT2D eigenvalue weighted by Gasteiger charge is -2.50. The standard InChI is InChI=1S/C29H33FN2O4S/c1-20-5-11-23(12-6-20)29(24-13-7-21(8-14-24)4-3-19-31-37(2,35)36)26(28(34)32-29)17-18-27(33)22-9-15-25(30)16-10-22/h5-16,26-27,31,33H,3-4,17-19H2,1-2H3,(H,32,34)/t26-,27-,29-/m0/s1. The van der Waals surface area contributed by atoms with Gasteiger partial charge < -0.3 is 10.4 Å². The third kappa shape index (κ3) is 6.26. The fourth-order valence-corrected chi connectivity index (χ4v) is 5.54. The molecule has 0 unspecified atom stereocenters. The van der Waals surface area contributed by atoms with Gasteiger partial charge in [-0.25, -0.2) is 17.5 Å². The van der Waals surface area contributed by atoms with Gasteiger partial charge in [0.05, 0.1) is 18.3 Å². The molecule has 0 radical (unpaired) electrons. The number of carbonyl (C=O) groups excluding carboxylic acids is 1. The molecule has 37 heavy (non-hydrogen) atoms. The van der Waals surface area contributed by atoms with Gasteiger partial charge in [0.1, 0.15) is 11.4 Å². The molecule has 4 rings (SSSR count). The monoisotopic (exact) mass is 524 g/mol. The number of amides is 1. The Morgan fingerprint density at radius 2 is 1.59 bits per heavy atom. The van der Waals surface area contributed by atoms with Crippen molar-refractivity contribution in [3.63, 3.8) is 0 Å². The summed E-state index contributed by atoms with van der Waals surface area (Å²) in [6, 6.07) is 22.0. The summed E-state index contributed by atoms with van der Waals surface area (Å²) in [6.07, 6.45) is 2.57. The second kappa shape index (κ2) is 11.1. The van der Waals surface area contributed by atoms with E-state index in [0.717, 1.165) is 34.9 Å². The zero-order valence-electron chi connectivity index (χ0n) is 21.1. The first-order valence-corrected chi connectivity index (χ1v) is 14.3. The van der Waals surface area contributed by atoms with Gasteiger partial charge in [-0.05, 0) is 67.0 Å². The highest BCUT2D eigenvalue weighted by Crippen LogP contribution is 2.46. The minimum absolute atomic E-state index is 0.0668. The molecule has 196 valence electrons. The van der Waals surface area contributed by atoms with Gasteiger partial charge in [-0.15, -0.1) is 0 Å². The number of hydrogen-bond acceptors (Lipinski definition) is 4. The molecule has 1 fully saturated rings. The van der Waals surface area contributed by atoms with Crippen LogP contribution in [-0.2, 0) is 26.8 Å². The Morgan fingerprint density at radius 1 is 1.00 bits per heavy atom. The molecule has 1 aliphatic rings. The van der Waals surface area contributed by atoms with E-state index in [0.29, 0.717) is 31.4 Å². The molecular formula is C29H33FN2O4S. The smallest absolute Gasteiger partial charge is 0.227 e. The summed E-state index contributed by atoms with van der Waals surface area (Å²) in [5.41, 5.74) is 4.03. The quantitative estimate of drug-likeness (QED) is 0.260. The number of rotatable bonds is 11. The van der Waals surface area contributed by atoms with Crippen molar-refractivity contribution >= 4 is 15.9 Å². The lowest BCUT2D eigenvalue weighted by atomic mass is 9.64. The van der Waals surface area contributed by atoms with Crippen molar-refractivity contribution in [3.05, 3.63) is 106 Å². The summed E-state index contributed by atoms with van der Waals surface area (Å²) < 4.78 is 38.3. The summed E-state index contributed by atoms with van der Waals surface area (Å²) in [4.78, 5) is 12.9. The predicted octanol–water partition coefficient (Wildman–Crippen LogP) is 4.12. The summed E-state index contributed by atoms with van der Waals surface area (Å²) in [5, 5.41) is 13.9. The highest BCUT2D eigenvalue weighted by Gasteiger charge is 2.55. The Kier molecular flexibility index (Phi) is 8.11. The maximum atomic E-state index is 13.3. The van der Waals surface area contributed by atoms with Crippen molar-refractivity contribution in [3.8, 4) is 0 Å². The molecule has 8 heteroatoms. The number of aliphatic hydroxyl groups is 1. The minimum atomic E-state index is -3.20. The second-order valence-electron chi connectivity index (χ2n) is 9.83. The van der Waals surface area contributed by atoms with E-state index >= 15 is 0 Å². The topological polar surface area (TPSA) is 95.5 Å². The normalized spacial score (nSPS) is 20.2. The van der Waals surface area contributed by atoms with E-state index in [1.165, 1.54) is 12.1 Å². The number of sulfonamides is 1. The van der Waals surface area contributed by atoms with Gasteiger partial charge in [-0.2, -0.15) is 0 Å². The molecular weight excluding hydrogens is 491 g/mol. The van der Waals surface area contributed by atoms with Crippen LogP contribution in [0.4, 0.5) is 4.39 Å². The van der Waals surface area contributed by atoms with Crippen LogP contribution in [-0.4, -0.2) is 32.2 Å². The number of aryl methyl sites for hydroxylation is 2. The van der Waals surface area contributed by atoms with Gasteiger partial charge in [0, 0.05) is 6.54 Å².